The number of benzene rings is 1. The fraction of sp³-hybridized carbons (Fsp3) is 0.500. The topological polar surface area (TPSA) is 84.6 Å². The molecule has 0 spiro atoms. The Hall–Kier alpha value is -2.65. The summed E-state index contributed by atoms with van der Waals surface area (Å²) in [5, 5.41) is 9.89. The minimum absolute atomic E-state index is 0.0530. The van der Waals surface area contributed by atoms with E-state index in [9.17, 15) is 14.0 Å². The summed E-state index contributed by atoms with van der Waals surface area (Å²) in [5.41, 5.74) is 1.22. The van der Waals surface area contributed by atoms with Crippen LogP contribution in [0.3, 0.4) is 0 Å². The number of aromatic nitrogens is 2. The SMILES string of the molecule is Cc1[nH]nc(NC(=O)c2cc(Cl)ccc2F)c1CN(C)C(=O)N1C[C@@H]2CCCN2CC1C. The van der Waals surface area contributed by atoms with Gasteiger partial charge in [0.15, 0.2) is 5.82 Å². The third kappa shape index (κ3) is 4.45. The molecule has 32 heavy (non-hydrogen) atoms. The molecule has 1 aromatic heterocycles. The van der Waals surface area contributed by atoms with E-state index < -0.39 is 11.7 Å². The summed E-state index contributed by atoms with van der Waals surface area (Å²) in [7, 11) is 1.74. The molecule has 2 N–H and O–H groups in total. The van der Waals surface area contributed by atoms with Gasteiger partial charge in [0, 0.05) is 48.5 Å². The van der Waals surface area contributed by atoms with Crippen molar-refractivity contribution in [3.05, 3.63) is 45.9 Å². The molecule has 0 radical (unpaired) electrons. The second kappa shape index (κ2) is 9.07. The van der Waals surface area contributed by atoms with Crippen molar-refractivity contribution in [2.24, 2.45) is 0 Å². The molecule has 2 saturated heterocycles. The lowest BCUT2D eigenvalue weighted by molar-refractivity contribution is 0.0656. The van der Waals surface area contributed by atoms with E-state index in [-0.39, 0.29) is 35.0 Å². The van der Waals surface area contributed by atoms with Gasteiger partial charge >= 0.3 is 6.03 Å². The molecule has 3 heterocycles. The highest BCUT2D eigenvalue weighted by Crippen LogP contribution is 2.26. The van der Waals surface area contributed by atoms with Crippen LogP contribution < -0.4 is 5.32 Å². The maximum atomic E-state index is 14.1. The number of hydrogen-bond acceptors (Lipinski definition) is 4. The number of rotatable bonds is 4. The van der Waals surface area contributed by atoms with Crippen molar-refractivity contribution in [2.45, 2.75) is 45.3 Å². The van der Waals surface area contributed by atoms with Crippen molar-refractivity contribution in [1.29, 1.82) is 0 Å². The van der Waals surface area contributed by atoms with Crippen LogP contribution in [0.25, 0.3) is 0 Å². The first kappa shape index (κ1) is 22.5. The van der Waals surface area contributed by atoms with E-state index in [0.29, 0.717) is 11.6 Å². The molecule has 0 saturated carbocycles. The highest BCUT2D eigenvalue weighted by Gasteiger charge is 2.37. The van der Waals surface area contributed by atoms with Crippen LogP contribution in [0.2, 0.25) is 5.02 Å². The molecule has 1 unspecified atom stereocenters. The van der Waals surface area contributed by atoms with E-state index >= 15 is 0 Å². The highest BCUT2D eigenvalue weighted by molar-refractivity contribution is 6.31. The molecular formula is C22H28ClFN6O2. The van der Waals surface area contributed by atoms with Crippen LogP contribution in [0.5, 0.6) is 0 Å². The molecule has 2 fully saturated rings. The van der Waals surface area contributed by atoms with Gasteiger partial charge in [0.05, 0.1) is 12.1 Å². The van der Waals surface area contributed by atoms with Gasteiger partial charge < -0.3 is 15.1 Å². The van der Waals surface area contributed by atoms with E-state index in [1.165, 1.54) is 18.6 Å². The van der Waals surface area contributed by atoms with Crippen molar-refractivity contribution in [3.8, 4) is 0 Å². The smallest absolute Gasteiger partial charge is 0.320 e. The molecule has 2 aliphatic heterocycles. The number of halogens is 2. The average Bonchev–Trinajstić information content (AvgIpc) is 3.35. The summed E-state index contributed by atoms with van der Waals surface area (Å²) in [4.78, 5) is 31.9. The normalized spacial score (nSPS) is 20.8. The molecule has 2 aliphatic rings. The number of anilines is 1. The minimum Gasteiger partial charge on any atom is -0.323 e. The average molecular weight is 463 g/mol. The lowest BCUT2D eigenvalue weighted by Crippen LogP contribution is -2.58. The predicted molar refractivity (Wildman–Crippen MR) is 120 cm³/mol. The Labute approximate surface area is 191 Å². The van der Waals surface area contributed by atoms with Crippen LogP contribution in [0.15, 0.2) is 18.2 Å². The first-order valence-electron chi connectivity index (χ1n) is 10.8. The van der Waals surface area contributed by atoms with E-state index in [1.807, 2.05) is 11.8 Å². The number of hydrogen-bond donors (Lipinski definition) is 2. The van der Waals surface area contributed by atoms with Gasteiger partial charge in [-0.3, -0.25) is 14.8 Å². The highest BCUT2D eigenvalue weighted by atomic mass is 35.5. The number of piperazine rings is 1. The van der Waals surface area contributed by atoms with E-state index in [1.54, 1.807) is 11.9 Å². The van der Waals surface area contributed by atoms with Gasteiger partial charge in [0.25, 0.3) is 5.91 Å². The number of amides is 3. The number of aromatic amines is 1. The molecular weight excluding hydrogens is 435 g/mol. The van der Waals surface area contributed by atoms with Crippen LogP contribution in [-0.2, 0) is 6.54 Å². The number of nitrogens with one attached hydrogen (secondary N) is 2. The van der Waals surface area contributed by atoms with Crippen molar-refractivity contribution in [1.82, 2.24) is 24.9 Å². The van der Waals surface area contributed by atoms with Crippen LogP contribution in [0.1, 0.15) is 41.4 Å². The number of fused-ring (bicyclic) bond motifs is 1. The molecule has 2 atom stereocenters. The second-order valence-electron chi connectivity index (χ2n) is 8.69. The number of carbonyl (C=O) groups excluding carboxylic acids is 2. The minimum atomic E-state index is -0.673. The maximum Gasteiger partial charge on any atom is 0.320 e. The Morgan fingerprint density at radius 1 is 1.38 bits per heavy atom. The van der Waals surface area contributed by atoms with Gasteiger partial charge in [0.2, 0.25) is 0 Å². The fourth-order valence-electron chi connectivity index (χ4n) is 4.57. The number of nitrogens with zero attached hydrogens (tertiary/aromatic N) is 4. The number of carbonyl (C=O) groups is 2. The Kier molecular flexibility index (Phi) is 6.39. The van der Waals surface area contributed by atoms with Crippen molar-refractivity contribution >= 4 is 29.4 Å². The Morgan fingerprint density at radius 3 is 2.94 bits per heavy atom. The monoisotopic (exact) mass is 462 g/mol. The molecule has 8 nitrogen and oxygen atoms in total. The van der Waals surface area contributed by atoms with Crippen LogP contribution >= 0.6 is 11.6 Å². The van der Waals surface area contributed by atoms with Crippen LogP contribution in [0, 0.1) is 12.7 Å². The van der Waals surface area contributed by atoms with Crippen molar-refractivity contribution in [3.63, 3.8) is 0 Å². The molecule has 0 bridgehead atoms. The van der Waals surface area contributed by atoms with Gasteiger partial charge in [-0.1, -0.05) is 11.6 Å². The third-order valence-electron chi connectivity index (χ3n) is 6.38. The number of aryl methyl sites for hydroxylation is 1. The molecule has 172 valence electrons. The Bertz CT molecular complexity index is 1030. The first-order valence-corrected chi connectivity index (χ1v) is 11.2. The van der Waals surface area contributed by atoms with Crippen molar-refractivity contribution in [2.75, 3.05) is 32.0 Å². The molecule has 3 amide bonds. The van der Waals surface area contributed by atoms with Gasteiger partial charge in [0.1, 0.15) is 5.82 Å². The lowest BCUT2D eigenvalue weighted by atomic mass is 10.1. The molecule has 0 aliphatic carbocycles. The summed E-state index contributed by atoms with van der Waals surface area (Å²) in [6, 6.07) is 4.31. The summed E-state index contributed by atoms with van der Waals surface area (Å²) < 4.78 is 14.1. The Balaban J connectivity index is 1.46. The van der Waals surface area contributed by atoms with Gasteiger partial charge in [-0.2, -0.15) is 5.10 Å². The second-order valence-corrected chi connectivity index (χ2v) is 9.12. The summed E-state index contributed by atoms with van der Waals surface area (Å²) in [6.07, 6.45) is 2.30. The van der Waals surface area contributed by atoms with Gasteiger partial charge in [-0.15, -0.1) is 0 Å². The standard InChI is InChI=1S/C22H28ClFN6O2/c1-13-10-29-8-4-5-16(29)11-30(13)22(32)28(3)12-18-14(2)26-27-20(18)25-21(31)17-9-15(23)6-7-19(17)24/h6-7,9,13,16H,4-5,8,10-12H2,1-3H3,(H2,25,26,27,31)/t13?,16-/m0/s1. The zero-order valence-corrected chi connectivity index (χ0v) is 19.2. The predicted octanol–water partition coefficient (Wildman–Crippen LogP) is 3.48. The third-order valence-corrected chi connectivity index (χ3v) is 6.62. The van der Waals surface area contributed by atoms with Crippen molar-refractivity contribution < 1.29 is 14.0 Å². The van der Waals surface area contributed by atoms with Gasteiger partial charge in [-0.05, 0) is 51.4 Å². The summed E-state index contributed by atoms with van der Waals surface area (Å²) in [5.74, 6) is -1.06. The fourth-order valence-corrected chi connectivity index (χ4v) is 4.75. The summed E-state index contributed by atoms with van der Waals surface area (Å²) in [6.45, 7) is 6.88. The van der Waals surface area contributed by atoms with E-state index in [4.69, 9.17) is 11.6 Å². The first-order chi connectivity index (χ1) is 15.2. The van der Waals surface area contributed by atoms with Crippen LogP contribution in [0.4, 0.5) is 15.0 Å². The zero-order valence-electron chi connectivity index (χ0n) is 18.5. The van der Waals surface area contributed by atoms with Gasteiger partial charge in [-0.25, -0.2) is 9.18 Å². The quantitative estimate of drug-likeness (QED) is 0.728. The molecule has 10 heteroatoms. The largest absolute Gasteiger partial charge is 0.323 e. The van der Waals surface area contributed by atoms with E-state index in [2.05, 4.69) is 27.3 Å². The number of urea groups is 1. The number of H-pyrrole nitrogens is 1. The lowest BCUT2D eigenvalue weighted by Gasteiger charge is -2.43. The molecule has 2 aromatic rings. The molecule has 4 rings (SSSR count). The molecule has 1 aromatic carbocycles. The summed E-state index contributed by atoms with van der Waals surface area (Å²) >= 11 is 5.90. The maximum absolute atomic E-state index is 14.1. The Morgan fingerprint density at radius 2 is 2.16 bits per heavy atom. The zero-order chi connectivity index (χ0) is 23.0. The van der Waals surface area contributed by atoms with E-state index in [0.717, 1.165) is 37.8 Å². The van der Waals surface area contributed by atoms with Crippen LogP contribution in [-0.4, -0.2) is 75.6 Å².